The van der Waals surface area contributed by atoms with Crippen LogP contribution in [0.4, 0.5) is 0 Å². The third-order valence-electron chi connectivity index (χ3n) is 4.08. The van der Waals surface area contributed by atoms with Crippen LogP contribution in [0.5, 0.6) is 0 Å². The van der Waals surface area contributed by atoms with Crippen molar-refractivity contribution in [2.45, 2.75) is 19.5 Å². The molecule has 8 heteroatoms. The zero-order chi connectivity index (χ0) is 17.2. The first-order valence-electron chi connectivity index (χ1n) is 7.83. The van der Waals surface area contributed by atoms with Gasteiger partial charge >= 0.3 is 5.97 Å². The number of carbonyl (C=O) groups is 1. The van der Waals surface area contributed by atoms with E-state index in [2.05, 4.69) is 24.8 Å². The van der Waals surface area contributed by atoms with Gasteiger partial charge in [0.05, 0.1) is 17.8 Å². The molecule has 1 N–H and O–H groups in total. The third-order valence-corrected chi connectivity index (χ3v) is 4.08. The largest absolute Gasteiger partial charge is 0.475 e. The Labute approximate surface area is 143 Å². The highest BCUT2D eigenvalue weighted by molar-refractivity contribution is 5.84. The van der Waals surface area contributed by atoms with Crippen molar-refractivity contribution in [1.82, 2.24) is 24.8 Å². The second kappa shape index (κ2) is 6.40. The first-order chi connectivity index (χ1) is 12.2. The van der Waals surface area contributed by atoms with Gasteiger partial charge in [-0.05, 0) is 12.1 Å². The maximum atomic E-state index is 10.9. The van der Waals surface area contributed by atoms with Gasteiger partial charge in [-0.15, -0.1) is 0 Å². The molecule has 0 unspecified atom stereocenters. The number of aromatic carboxylic acids is 1. The van der Waals surface area contributed by atoms with E-state index >= 15 is 0 Å². The van der Waals surface area contributed by atoms with Gasteiger partial charge < -0.3 is 9.52 Å². The normalized spacial score (nSPS) is 14.2. The molecule has 0 aromatic carbocycles. The number of carboxylic acids is 1. The zero-order valence-corrected chi connectivity index (χ0v) is 13.3. The molecule has 1 aliphatic heterocycles. The molecule has 8 nitrogen and oxygen atoms in total. The molecule has 126 valence electrons. The van der Waals surface area contributed by atoms with Crippen LogP contribution in [0.1, 0.15) is 27.6 Å². The fraction of sp³-hybridized carbons (Fsp3) is 0.235. The molecule has 3 aromatic heterocycles. The van der Waals surface area contributed by atoms with Crippen LogP contribution in [0, 0.1) is 0 Å². The first-order valence-corrected chi connectivity index (χ1v) is 7.83. The lowest BCUT2D eigenvalue weighted by Gasteiger charge is -2.27. The van der Waals surface area contributed by atoms with Crippen molar-refractivity contribution in [1.29, 1.82) is 0 Å². The maximum absolute atomic E-state index is 10.9. The molecule has 0 spiro atoms. The number of carboxylic acid groups (broad SMARTS) is 1. The summed E-state index contributed by atoms with van der Waals surface area (Å²) in [5, 5.41) is 8.92. The second-order valence-corrected chi connectivity index (χ2v) is 5.82. The first kappa shape index (κ1) is 15.4. The molecule has 0 bridgehead atoms. The quantitative estimate of drug-likeness (QED) is 0.768. The number of hydrogen-bond acceptors (Lipinski definition) is 7. The van der Waals surface area contributed by atoms with Gasteiger partial charge in [-0.25, -0.2) is 24.7 Å². The molecule has 0 amide bonds. The van der Waals surface area contributed by atoms with Crippen molar-refractivity contribution < 1.29 is 14.3 Å². The molecule has 0 radical (unpaired) electrons. The van der Waals surface area contributed by atoms with Crippen molar-refractivity contribution in [3.05, 3.63) is 59.8 Å². The molecule has 0 aliphatic carbocycles. The average molecular weight is 337 g/mol. The minimum Gasteiger partial charge on any atom is -0.475 e. The highest BCUT2D eigenvalue weighted by Crippen LogP contribution is 2.22. The molecular weight excluding hydrogens is 322 g/mol. The molecule has 0 atom stereocenters. The number of aromatic nitrogens is 4. The molecule has 0 saturated carbocycles. The predicted molar refractivity (Wildman–Crippen MR) is 86.5 cm³/mol. The van der Waals surface area contributed by atoms with Gasteiger partial charge in [0.1, 0.15) is 12.1 Å². The Morgan fingerprint density at radius 2 is 2.08 bits per heavy atom. The van der Waals surface area contributed by atoms with Crippen molar-refractivity contribution in [2.24, 2.45) is 0 Å². The van der Waals surface area contributed by atoms with Gasteiger partial charge in [0.2, 0.25) is 5.76 Å². The van der Waals surface area contributed by atoms with Gasteiger partial charge in [0.15, 0.2) is 5.82 Å². The van der Waals surface area contributed by atoms with E-state index in [1.165, 1.54) is 12.4 Å². The van der Waals surface area contributed by atoms with Crippen LogP contribution in [0.25, 0.3) is 11.4 Å². The molecule has 3 aromatic rings. The Kier molecular flexibility index (Phi) is 3.95. The van der Waals surface area contributed by atoms with Crippen molar-refractivity contribution >= 4 is 5.97 Å². The van der Waals surface area contributed by atoms with Gasteiger partial charge in [-0.2, -0.15) is 0 Å². The van der Waals surface area contributed by atoms with Crippen LogP contribution in [0.15, 0.2) is 41.5 Å². The van der Waals surface area contributed by atoms with Crippen LogP contribution in [0.2, 0.25) is 0 Å². The van der Waals surface area contributed by atoms with Crippen LogP contribution in [-0.4, -0.2) is 42.5 Å². The Hall–Kier alpha value is -3.13. The summed E-state index contributed by atoms with van der Waals surface area (Å²) in [4.78, 5) is 30.1. The van der Waals surface area contributed by atoms with E-state index in [-0.39, 0.29) is 5.76 Å². The Bertz CT molecular complexity index is 910. The molecule has 4 heterocycles. The van der Waals surface area contributed by atoms with Gasteiger partial charge in [0, 0.05) is 43.7 Å². The Morgan fingerprint density at radius 1 is 1.24 bits per heavy atom. The summed E-state index contributed by atoms with van der Waals surface area (Å²) >= 11 is 0. The molecular formula is C17H15N5O3. The summed E-state index contributed by atoms with van der Waals surface area (Å²) in [6.45, 7) is 2.07. The monoisotopic (exact) mass is 337 g/mol. The van der Waals surface area contributed by atoms with E-state index in [1.54, 1.807) is 18.5 Å². The SMILES string of the molecule is O=C(O)c1ccc(CN2CCc3nc(-c4cncnc4)ncc3C2)o1. The van der Waals surface area contributed by atoms with E-state index in [0.717, 1.165) is 29.8 Å². The highest BCUT2D eigenvalue weighted by Gasteiger charge is 2.20. The van der Waals surface area contributed by atoms with Crippen LogP contribution < -0.4 is 0 Å². The molecule has 4 rings (SSSR count). The topological polar surface area (TPSA) is 105 Å². The zero-order valence-electron chi connectivity index (χ0n) is 13.3. The molecule has 25 heavy (non-hydrogen) atoms. The number of nitrogens with zero attached hydrogens (tertiary/aromatic N) is 5. The second-order valence-electron chi connectivity index (χ2n) is 5.82. The number of hydrogen-bond donors (Lipinski definition) is 1. The molecule has 0 fully saturated rings. The standard InChI is InChI=1S/C17H15N5O3/c23-17(24)15-2-1-13(25-15)9-22-4-3-14-12(8-22)7-20-16(21-14)11-5-18-10-19-6-11/h1-2,5-7,10H,3-4,8-9H2,(H,23,24). The summed E-state index contributed by atoms with van der Waals surface area (Å²) in [7, 11) is 0. The molecule has 1 aliphatic rings. The maximum Gasteiger partial charge on any atom is 0.371 e. The van der Waals surface area contributed by atoms with Gasteiger partial charge in [-0.3, -0.25) is 4.90 Å². The minimum absolute atomic E-state index is 0.0366. The van der Waals surface area contributed by atoms with Gasteiger partial charge in [-0.1, -0.05) is 0 Å². The fourth-order valence-electron chi connectivity index (χ4n) is 2.86. The summed E-state index contributed by atoms with van der Waals surface area (Å²) in [6, 6.07) is 3.18. The van der Waals surface area contributed by atoms with Crippen LogP contribution >= 0.6 is 0 Å². The van der Waals surface area contributed by atoms with E-state index in [4.69, 9.17) is 9.52 Å². The number of fused-ring (bicyclic) bond motifs is 1. The summed E-state index contributed by atoms with van der Waals surface area (Å²) in [6.07, 6.45) is 7.50. The summed E-state index contributed by atoms with van der Waals surface area (Å²) in [5.74, 6) is 0.177. The summed E-state index contributed by atoms with van der Waals surface area (Å²) < 4.78 is 5.33. The summed E-state index contributed by atoms with van der Waals surface area (Å²) in [5.41, 5.74) is 2.89. The van der Waals surface area contributed by atoms with E-state index < -0.39 is 5.97 Å². The van der Waals surface area contributed by atoms with Crippen LogP contribution in [-0.2, 0) is 19.5 Å². The predicted octanol–water partition coefficient (Wildman–Crippen LogP) is 1.78. The van der Waals surface area contributed by atoms with Crippen molar-refractivity contribution in [2.75, 3.05) is 6.54 Å². The van der Waals surface area contributed by atoms with E-state index in [0.29, 0.717) is 24.7 Å². The lowest BCUT2D eigenvalue weighted by atomic mass is 10.1. The third kappa shape index (κ3) is 3.24. The van der Waals surface area contributed by atoms with E-state index in [9.17, 15) is 4.79 Å². The number of furan rings is 1. The lowest BCUT2D eigenvalue weighted by molar-refractivity contribution is 0.0658. The van der Waals surface area contributed by atoms with Gasteiger partial charge in [0.25, 0.3) is 0 Å². The average Bonchev–Trinajstić information content (AvgIpc) is 3.11. The van der Waals surface area contributed by atoms with Crippen molar-refractivity contribution in [3.8, 4) is 11.4 Å². The minimum atomic E-state index is -1.05. The van der Waals surface area contributed by atoms with E-state index in [1.807, 2.05) is 6.20 Å². The molecule has 0 saturated heterocycles. The smallest absolute Gasteiger partial charge is 0.371 e. The Morgan fingerprint density at radius 3 is 2.84 bits per heavy atom. The van der Waals surface area contributed by atoms with Crippen LogP contribution in [0.3, 0.4) is 0 Å². The number of rotatable bonds is 4. The van der Waals surface area contributed by atoms with Crippen molar-refractivity contribution in [3.63, 3.8) is 0 Å². The Balaban J connectivity index is 1.49. The fourth-order valence-corrected chi connectivity index (χ4v) is 2.86. The lowest BCUT2D eigenvalue weighted by Crippen LogP contribution is -2.30. The highest BCUT2D eigenvalue weighted by atomic mass is 16.4.